The second-order valence-electron chi connectivity index (χ2n) is 7.29. The van der Waals surface area contributed by atoms with Crippen LogP contribution in [0.2, 0.25) is 10.0 Å². The maximum atomic E-state index is 13.5. The molecular weight excluding hydrogens is 499 g/mol. The molecule has 0 aromatic heterocycles. The van der Waals surface area contributed by atoms with Crippen molar-refractivity contribution in [3.8, 4) is 11.5 Å². The lowest BCUT2D eigenvalue weighted by Crippen LogP contribution is -2.40. The van der Waals surface area contributed by atoms with Crippen molar-refractivity contribution in [3.05, 3.63) is 87.9 Å². The molecule has 34 heavy (non-hydrogen) atoms. The number of nitrogens with zero attached hydrogens (tertiary/aromatic N) is 1. The van der Waals surface area contributed by atoms with Crippen molar-refractivity contribution in [3.63, 3.8) is 0 Å². The zero-order valence-corrected chi connectivity index (χ0v) is 21.0. The average molecular weight is 523 g/mol. The first-order chi connectivity index (χ1) is 16.2. The number of hydrogen-bond acceptors (Lipinski definition) is 5. The van der Waals surface area contributed by atoms with Crippen molar-refractivity contribution in [2.24, 2.45) is 0 Å². The van der Waals surface area contributed by atoms with Gasteiger partial charge in [0, 0.05) is 29.2 Å². The molecule has 3 aromatic carbocycles. The number of carbonyl (C=O) groups is 1. The molecule has 180 valence electrons. The highest BCUT2D eigenvalue weighted by Gasteiger charge is 2.28. The molecule has 0 saturated heterocycles. The third-order valence-electron chi connectivity index (χ3n) is 5.01. The van der Waals surface area contributed by atoms with Crippen LogP contribution in [0.5, 0.6) is 11.5 Å². The maximum Gasteiger partial charge on any atom is 0.243 e. The first-order valence-corrected chi connectivity index (χ1v) is 12.4. The molecule has 3 rings (SSSR count). The summed E-state index contributed by atoms with van der Waals surface area (Å²) in [5.41, 5.74) is 1.40. The standard InChI is InChI=1S/C24H24Cl2N2O5S/c1-32-22-11-10-20(13-23(22)33-2)34(30,31)28(15-17-6-4-3-5-7-17)16-24(29)27-14-18-8-9-19(25)12-21(18)26/h3-13H,14-16H2,1-2H3,(H,27,29). The van der Waals surface area contributed by atoms with E-state index >= 15 is 0 Å². The van der Waals surface area contributed by atoms with Gasteiger partial charge in [-0.15, -0.1) is 0 Å². The normalized spacial score (nSPS) is 11.3. The summed E-state index contributed by atoms with van der Waals surface area (Å²) < 4.78 is 38.6. The topological polar surface area (TPSA) is 84.9 Å². The van der Waals surface area contributed by atoms with Crippen LogP contribution in [0, 0.1) is 0 Å². The lowest BCUT2D eigenvalue weighted by atomic mass is 10.2. The molecule has 0 aliphatic rings. The third-order valence-corrected chi connectivity index (χ3v) is 7.38. The van der Waals surface area contributed by atoms with E-state index in [-0.39, 0.29) is 23.7 Å². The number of nitrogens with one attached hydrogen (secondary N) is 1. The van der Waals surface area contributed by atoms with Crippen LogP contribution in [0.25, 0.3) is 0 Å². The predicted molar refractivity (Wildman–Crippen MR) is 132 cm³/mol. The molecule has 3 aromatic rings. The van der Waals surface area contributed by atoms with Gasteiger partial charge in [0.15, 0.2) is 11.5 Å². The summed E-state index contributed by atoms with van der Waals surface area (Å²) in [6.07, 6.45) is 0. The Morgan fingerprint density at radius 2 is 1.65 bits per heavy atom. The Kier molecular flexibility index (Phi) is 8.79. The molecule has 0 atom stereocenters. The second-order valence-corrected chi connectivity index (χ2v) is 10.1. The lowest BCUT2D eigenvalue weighted by Gasteiger charge is -2.22. The van der Waals surface area contributed by atoms with E-state index in [9.17, 15) is 13.2 Å². The van der Waals surface area contributed by atoms with Gasteiger partial charge in [-0.3, -0.25) is 4.79 Å². The van der Waals surface area contributed by atoms with Crippen molar-refractivity contribution in [1.82, 2.24) is 9.62 Å². The molecule has 0 heterocycles. The molecule has 0 saturated carbocycles. The molecule has 1 N–H and O–H groups in total. The minimum absolute atomic E-state index is 0.00659. The fraction of sp³-hybridized carbons (Fsp3) is 0.208. The van der Waals surface area contributed by atoms with Crippen LogP contribution in [0.15, 0.2) is 71.6 Å². The van der Waals surface area contributed by atoms with E-state index in [1.165, 1.54) is 32.4 Å². The van der Waals surface area contributed by atoms with Gasteiger partial charge in [-0.25, -0.2) is 8.42 Å². The number of methoxy groups -OCH3 is 2. The van der Waals surface area contributed by atoms with Crippen molar-refractivity contribution in [2.75, 3.05) is 20.8 Å². The zero-order valence-electron chi connectivity index (χ0n) is 18.6. The number of rotatable bonds is 10. The van der Waals surface area contributed by atoms with Crippen LogP contribution in [-0.4, -0.2) is 39.4 Å². The van der Waals surface area contributed by atoms with Crippen molar-refractivity contribution < 1.29 is 22.7 Å². The Bertz CT molecular complexity index is 1250. The summed E-state index contributed by atoms with van der Waals surface area (Å²) >= 11 is 12.1. The zero-order chi connectivity index (χ0) is 24.7. The van der Waals surface area contributed by atoms with Gasteiger partial charge in [-0.05, 0) is 35.4 Å². The van der Waals surface area contributed by atoms with Crippen LogP contribution in [0.1, 0.15) is 11.1 Å². The van der Waals surface area contributed by atoms with Crippen molar-refractivity contribution >= 4 is 39.1 Å². The number of ether oxygens (including phenoxy) is 2. The predicted octanol–water partition coefficient (Wildman–Crippen LogP) is 4.52. The van der Waals surface area contributed by atoms with E-state index in [1.54, 1.807) is 42.5 Å². The largest absolute Gasteiger partial charge is 0.493 e. The van der Waals surface area contributed by atoms with Crippen LogP contribution >= 0.6 is 23.2 Å². The number of hydrogen-bond donors (Lipinski definition) is 1. The molecule has 0 bridgehead atoms. The monoisotopic (exact) mass is 522 g/mol. The average Bonchev–Trinajstić information content (AvgIpc) is 2.83. The van der Waals surface area contributed by atoms with E-state index < -0.39 is 22.5 Å². The lowest BCUT2D eigenvalue weighted by molar-refractivity contribution is -0.121. The smallest absolute Gasteiger partial charge is 0.243 e. The minimum atomic E-state index is -4.06. The van der Waals surface area contributed by atoms with Crippen molar-refractivity contribution in [2.45, 2.75) is 18.0 Å². The van der Waals surface area contributed by atoms with Gasteiger partial charge in [0.25, 0.3) is 0 Å². The molecule has 0 aliphatic heterocycles. The third kappa shape index (κ3) is 6.42. The Morgan fingerprint density at radius 3 is 2.29 bits per heavy atom. The molecule has 7 nitrogen and oxygen atoms in total. The molecule has 0 radical (unpaired) electrons. The first kappa shape index (κ1) is 25.8. The number of carbonyl (C=O) groups excluding carboxylic acids is 1. The summed E-state index contributed by atoms with van der Waals surface area (Å²) in [5.74, 6) is 0.185. The van der Waals surface area contributed by atoms with Crippen molar-refractivity contribution in [1.29, 1.82) is 0 Å². The van der Waals surface area contributed by atoms with Gasteiger partial charge in [0.2, 0.25) is 15.9 Å². The van der Waals surface area contributed by atoms with Gasteiger partial charge in [-0.1, -0.05) is 59.6 Å². The van der Waals surface area contributed by atoms with Gasteiger partial charge >= 0.3 is 0 Å². The number of benzene rings is 3. The summed E-state index contributed by atoms with van der Waals surface area (Å²) in [5, 5.41) is 3.61. The maximum absolute atomic E-state index is 13.5. The van der Waals surface area contributed by atoms with E-state index in [0.717, 1.165) is 9.87 Å². The SMILES string of the molecule is COc1ccc(S(=O)(=O)N(CC(=O)NCc2ccc(Cl)cc2Cl)Cc2ccccc2)cc1OC. The fourth-order valence-corrected chi connectivity index (χ4v) is 5.09. The van der Waals surface area contributed by atoms with Gasteiger partial charge < -0.3 is 14.8 Å². The summed E-state index contributed by atoms with van der Waals surface area (Å²) in [6, 6.07) is 18.3. The highest BCUT2D eigenvalue weighted by atomic mass is 35.5. The van der Waals surface area contributed by atoms with Crippen LogP contribution in [0.4, 0.5) is 0 Å². The second kappa shape index (κ2) is 11.6. The van der Waals surface area contributed by atoms with E-state index in [4.69, 9.17) is 32.7 Å². The highest BCUT2D eigenvalue weighted by molar-refractivity contribution is 7.89. The number of amides is 1. The van der Waals surface area contributed by atoms with E-state index in [2.05, 4.69) is 5.32 Å². The molecule has 0 fully saturated rings. The summed E-state index contributed by atoms with van der Waals surface area (Å²) in [4.78, 5) is 12.7. The van der Waals surface area contributed by atoms with Gasteiger partial charge in [0.1, 0.15) is 0 Å². The Morgan fingerprint density at radius 1 is 0.941 bits per heavy atom. The molecule has 1 amide bonds. The van der Waals surface area contributed by atoms with Crippen LogP contribution in [-0.2, 0) is 27.9 Å². The Labute approximate surface area is 209 Å². The van der Waals surface area contributed by atoms with Crippen LogP contribution < -0.4 is 14.8 Å². The van der Waals surface area contributed by atoms with Crippen LogP contribution in [0.3, 0.4) is 0 Å². The molecule has 0 unspecified atom stereocenters. The molecule has 0 aliphatic carbocycles. The number of halogens is 2. The quantitative estimate of drug-likeness (QED) is 0.423. The number of sulfonamides is 1. The highest BCUT2D eigenvalue weighted by Crippen LogP contribution is 2.31. The summed E-state index contributed by atoms with van der Waals surface area (Å²) in [6.45, 7) is -0.256. The Hall–Kier alpha value is -2.78. The van der Waals surface area contributed by atoms with E-state index in [0.29, 0.717) is 21.4 Å². The molecule has 10 heteroatoms. The summed E-state index contributed by atoms with van der Waals surface area (Å²) in [7, 11) is -1.17. The molecular formula is C24H24Cl2N2O5S. The minimum Gasteiger partial charge on any atom is -0.493 e. The van der Waals surface area contributed by atoms with Gasteiger partial charge in [0.05, 0.1) is 25.7 Å². The van der Waals surface area contributed by atoms with E-state index in [1.807, 2.05) is 6.07 Å². The van der Waals surface area contributed by atoms with Gasteiger partial charge in [-0.2, -0.15) is 4.31 Å². The Balaban J connectivity index is 1.85. The first-order valence-electron chi connectivity index (χ1n) is 10.2. The fourth-order valence-electron chi connectivity index (χ4n) is 3.21. The molecule has 0 spiro atoms.